The Bertz CT molecular complexity index is 2100. The summed E-state index contributed by atoms with van der Waals surface area (Å²) in [6.45, 7) is 1.42. The largest absolute Gasteiger partial charge is 0.496 e. The van der Waals surface area contributed by atoms with Gasteiger partial charge >= 0.3 is 0 Å². The van der Waals surface area contributed by atoms with Crippen molar-refractivity contribution in [2.75, 3.05) is 7.11 Å². The molecule has 2 amide bonds. The zero-order valence-corrected chi connectivity index (χ0v) is 24.7. The summed E-state index contributed by atoms with van der Waals surface area (Å²) in [5, 5.41) is 20.4. The van der Waals surface area contributed by atoms with Gasteiger partial charge in [0, 0.05) is 34.7 Å². The zero-order chi connectivity index (χ0) is 31.0. The third-order valence-corrected chi connectivity index (χ3v) is 9.06. The predicted molar refractivity (Wildman–Crippen MR) is 171 cm³/mol. The van der Waals surface area contributed by atoms with Crippen LogP contribution in [-0.2, 0) is 22.8 Å². The summed E-state index contributed by atoms with van der Waals surface area (Å²) in [5.74, 6) is 0.0566. The van der Waals surface area contributed by atoms with E-state index in [0.29, 0.717) is 45.0 Å². The lowest BCUT2D eigenvalue weighted by Crippen LogP contribution is -2.28. The molecule has 0 aromatic heterocycles. The van der Waals surface area contributed by atoms with Gasteiger partial charge in [-0.1, -0.05) is 60.7 Å². The molecule has 0 atom stereocenters. The fourth-order valence-electron chi connectivity index (χ4n) is 6.94. The molecule has 0 radical (unpaired) electrons. The average Bonchev–Trinajstić information content (AvgIpc) is 3.54. The molecule has 45 heavy (non-hydrogen) atoms. The van der Waals surface area contributed by atoms with E-state index in [0.717, 1.165) is 44.5 Å². The highest BCUT2D eigenvalue weighted by Crippen LogP contribution is 2.54. The van der Waals surface area contributed by atoms with Crippen LogP contribution in [0.5, 0.6) is 5.75 Å². The van der Waals surface area contributed by atoms with Gasteiger partial charge in [0.05, 0.1) is 42.9 Å². The highest BCUT2D eigenvalue weighted by atomic mass is 16.5. The van der Waals surface area contributed by atoms with Gasteiger partial charge in [-0.25, -0.2) is 0 Å². The number of aryl methyl sites for hydroxylation is 1. The number of aliphatic hydroxyl groups is 2. The van der Waals surface area contributed by atoms with Crippen LogP contribution in [-0.4, -0.2) is 38.9 Å². The SMILES string of the molecule is COc1cc2c(cc1C)C(c1ccccc1)=CN1C(=O)C3=C4c5cc(CO)c(CO)cc5C(c5ccccc5)=CN4C(=O)C3=C21. The highest BCUT2D eigenvalue weighted by Gasteiger charge is 2.51. The summed E-state index contributed by atoms with van der Waals surface area (Å²) in [6.07, 6.45) is 3.62. The van der Waals surface area contributed by atoms with Gasteiger partial charge in [0.2, 0.25) is 0 Å². The van der Waals surface area contributed by atoms with Crippen molar-refractivity contribution in [1.29, 1.82) is 0 Å². The predicted octanol–water partition coefficient (Wildman–Crippen LogP) is 5.60. The van der Waals surface area contributed by atoms with Crippen LogP contribution in [0.3, 0.4) is 0 Å². The van der Waals surface area contributed by atoms with Crippen molar-refractivity contribution in [2.24, 2.45) is 0 Å². The fraction of sp³-hybridized carbons (Fsp3) is 0.105. The number of benzene rings is 4. The van der Waals surface area contributed by atoms with Crippen molar-refractivity contribution in [3.8, 4) is 5.75 Å². The molecule has 4 aliphatic heterocycles. The van der Waals surface area contributed by atoms with Gasteiger partial charge in [-0.3, -0.25) is 19.4 Å². The minimum atomic E-state index is -0.302. The van der Waals surface area contributed by atoms with Crippen molar-refractivity contribution >= 4 is 34.4 Å². The summed E-state index contributed by atoms with van der Waals surface area (Å²) in [4.78, 5) is 32.2. The quantitative estimate of drug-likeness (QED) is 0.315. The first-order valence-electron chi connectivity index (χ1n) is 14.7. The number of hydrogen-bond donors (Lipinski definition) is 2. The third-order valence-electron chi connectivity index (χ3n) is 9.06. The number of amides is 2. The second kappa shape index (κ2) is 10.0. The van der Waals surface area contributed by atoms with Crippen molar-refractivity contribution in [2.45, 2.75) is 20.1 Å². The number of ether oxygens (including phenoxy) is 1. The summed E-state index contributed by atoms with van der Waals surface area (Å²) in [6, 6.07) is 27.2. The molecule has 8 rings (SSSR count). The molecule has 4 aromatic carbocycles. The molecule has 4 aromatic rings. The first kappa shape index (κ1) is 27.1. The van der Waals surface area contributed by atoms with Crippen LogP contribution in [0.25, 0.3) is 22.5 Å². The summed E-state index contributed by atoms with van der Waals surface area (Å²) in [7, 11) is 1.61. The van der Waals surface area contributed by atoms with Crippen LogP contribution in [0.1, 0.15) is 50.1 Å². The molecule has 0 saturated carbocycles. The standard InChI is InChI=1S/C38H28N2O5/c1-21-13-26-29(16-32(21)45-2)36-34-33(37(43)40(36)17-30(26)22-9-5-3-6-10-22)35-28-15-25(20-42)24(19-41)14-27(28)31(18-39(35)38(34)44)23-11-7-4-8-12-23/h3-18,41-42H,19-20H2,1-2H3. The highest BCUT2D eigenvalue weighted by molar-refractivity contribution is 6.32. The molecule has 4 heterocycles. The van der Waals surface area contributed by atoms with E-state index in [1.807, 2.05) is 92.0 Å². The van der Waals surface area contributed by atoms with Gasteiger partial charge in [0.15, 0.2) is 0 Å². The van der Waals surface area contributed by atoms with E-state index in [2.05, 4.69) is 0 Å². The number of carbonyl (C=O) groups is 2. The molecule has 7 nitrogen and oxygen atoms in total. The van der Waals surface area contributed by atoms with Crippen LogP contribution in [0.4, 0.5) is 0 Å². The molecule has 0 unspecified atom stereocenters. The maximum Gasteiger partial charge on any atom is 0.265 e. The molecule has 0 saturated heterocycles. The molecular weight excluding hydrogens is 564 g/mol. The minimum absolute atomic E-state index is 0.257. The molecule has 0 aliphatic carbocycles. The Labute approximate surface area is 259 Å². The Hall–Kier alpha value is -5.50. The van der Waals surface area contributed by atoms with Crippen LogP contribution in [0.2, 0.25) is 0 Å². The second-order valence-corrected chi connectivity index (χ2v) is 11.5. The Morgan fingerprint density at radius 2 is 1.07 bits per heavy atom. The van der Waals surface area contributed by atoms with E-state index in [-0.39, 0.29) is 25.0 Å². The van der Waals surface area contributed by atoms with E-state index < -0.39 is 0 Å². The number of aliphatic hydroxyl groups excluding tert-OH is 2. The summed E-state index contributed by atoms with van der Waals surface area (Å²) in [5.41, 5.74) is 10.3. The maximum absolute atomic E-state index is 14.5. The fourth-order valence-corrected chi connectivity index (χ4v) is 6.94. The number of fused-ring (bicyclic) bond motifs is 7. The van der Waals surface area contributed by atoms with Gasteiger partial charge in [0.25, 0.3) is 11.8 Å². The first-order chi connectivity index (χ1) is 21.9. The van der Waals surface area contributed by atoms with Gasteiger partial charge in [-0.2, -0.15) is 0 Å². The number of nitrogens with zero attached hydrogens (tertiary/aromatic N) is 2. The van der Waals surface area contributed by atoms with E-state index in [4.69, 9.17) is 4.74 Å². The molecule has 0 fully saturated rings. The summed E-state index contributed by atoms with van der Waals surface area (Å²) >= 11 is 0. The van der Waals surface area contributed by atoms with Crippen LogP contribution < -0.4 is 4.74 Å². The maximum atomic E-state index is 14.5. The number of methoxy groups -OCH3 is 1. The lowest BCUT2D eigenvalue weighted by molar-refractivity contribution is -0.122. The molecule has 220 valence electrons. The number of carbonyl (C=O) groups excluding carboxylic acids is 2. The molecular formula is C38H28N2O5. The molecule has 7 heteroatoms. The monoisotopic (exact) mass is 592 g/mol. The van der Waals surface area contributed by atoms with E-state index in [9.17, 15) is 19.8 Å². The van der Waals surface area contributed by atoms with E-state index in [1.54, 1.807) is 29.2 Å². The minimum Gasteiger partial charge on any atom is -0.496 e. The lowest BCUT2D eigenvalue weighted by atomic mass is 9.86. The van der Waals surface area contributed by atoms with E-state index >= 15 is 0 Å². The number of rotatable bonds is 5. The Kier molecular flexibility index (Phi) is 6.03. The normalized spacial score (nSPS) is 16.3. The topological polar surface area (TPSA) is 90.3 Å². The lowest BCUT2D eigenvalue weighted by Gasteiger charge is -2.31. The van der Waals surface area contributed by atoms with Gasteiger partial charge in [-0.05, 0) is 70.1 Å². The molecule has 0 spiro atoms. The Morgan fingerprint density at radius 1 is 0.622 bits per heavy atom. The van der Waals surface area contributed by atoms with Crippen LogP contribution in [0.15, 0.2) is 108 Å². The van der Waals surface area contributed by atoms with Gasteiger partial charge in [0.1, 0.15) is 5.75 Å². The van der Waals surface area contributed by atoms with Crippen molar-refractivity contribution in [3.63, 3.8) is 0 Å². The van der Waals surface area contributed by atoms with Crippen molar-refractivity contribution in [3.05, 3.63) is 159 Å². The Morgan fingerprint density at radius 3 is 1.53 bits per heavy atom. The van der Waals surface area contributed by atoms with Gasteiger partial charge in [-0.15, -0.1) is 0 Å². The third kappa shape index (κ3) is 3.78. The average molecular weight is 593 g/mol. The zero-order valence-electron chi connectivity index (χ0n) is 24.7. The van der Waals surface area contributed by atoms with Crippen molar-refractivity contribution in [1.82, 2.24) is 9.80 Å². The molecule has 0 bridgehead atoms. The molecule has 2 N–H and O–H groups in total. The van der Waals surface area contributed by atoms with E-state index in [1.165, 1.54) is 0 Å². The first-order valence-corrected chi connectivity index (χ1v) is 14.7. The van der Waals surface area contributed by atoms with Crippen molar-refractivity contribution < 1.29 is 24.5 Å². The summed E-state index contributed by atoms with van der Waals surface area (Å²) < 4.78 is 5.71. The smallest absolute Gasteiger partial charge is 0.265 e. The Balaban J connectivity index is 1.43. The molecule has 4 aliphatic rings. The second-order valence-electron chi connectivity index (χ2n) is 11.5. The number of hydrogen-bond acceptors (Lipinski definition) is 5. The van der Waals surface area contributed by atoms with Crippen LogP contribution in [0, 0.1) is 6.92 Å². The van der Waals surface area contributed by atoms with Crippen LogP contribution >= 0.6 is 0 Å². The van der Waals surface area contributed by atoms with Gasteiger partial charge < -0.3 is 14.9 Å².